The number of para-hydroxylation sites is 2. The summed E-state index contributed by atoms with van der Waals surface area (Å²) >= 11 is 0. The van der Waals surface area contributed by atoms with Gasteiger partial charge in [-0.05, 0) is 47.9 Å². The lowest BCUT2D eigenvalue weighted by molar-refractivity contribution is 0.176. The maximum Gasteiger partial charge on any atom is 0.413 e. The zero-order chi connectivity index (χ0) is 34.6. The largest absolute Gasteiger partial charge is 0.493 e. The van der Waals surface area contributed by atoms with Crippen molar-refractivity contribution in [2.24, 2.45) is 0 Å². The van der Waals surface area contributed by atoms with Crippen LogP contribution in [0.2, 0.25) is 0 Å². The van der Waals surface area contributed by atoms with Gasteiger partial charge in [0.2, 0.25) is 11.6 Å². The number of nitrogens with one attached hydrogen (secondary N) is 2. The molecule has 0 spiro atoms. The summed E-state index contributed by atoms with van der Waals surface area (Å²) in [7, 11) is -2.86. The van der Waals surface area contributed by atoms with Gasteiger partial charge in [-0.3, -0.25) is 10.0 Å². The van der Waals surface area contributed by atoms with Crippen molar-refractivity contribution in [3.63, 3.8) is 0 Å². The third-order valence-electron chi connectivity index (χ3n) is 6.39. The van der Waals surface area contributed by atoms with E-state index in [1.165, 1.54) is 38.0 Å². The van der Waals surface area contributed by atoms with E-state index in [-0.39, 0.29) is 59.0 Å². The number of carbonyl (C=O) groups excluding carboxylic acids is 1. The Morgan fingerprint density at radius 1 is 0.837 bits per heavy atom. The summed E-state index contributed by atoms with van der Waals surface area (Å²) < 4.78 is 52.2. The molecule has 49 heavy (non-hydrogen) atoms. The Bertz CT molecular complexity index is 2060. The number of nitrogens with zero attached hydrogens (tertiary/aromatic N) is 6. The van der Waals surface area contributed by atoms with Crippen LogP contribution in [0.25, 0.3) is 11.6 Å². The number of anilines is 2. The van der Waals surface area contributed by atoms with Crippen molar-refractivity contribution in [1.29, 1.82) is 0 Å². The van der Waals surface area contributed by atoms with E-state index >= 15 is 0 Å². The maximum absolute atomic E-state index is 13.6. The van der Waals surface area contributed by atoms with Crippen LogP contribution in [-0.2, 0) is 14.8 Å². The quantitative estimate of drug-likeness (QED) is 0.166. The molecule has 0 radical (unpaired) electrons. The van der Waals surface area contributed by atoms with Crippen LogP contribution in [0.15, 0.2) is 90.5 Å². The standard InChI is InChI=1S/C33H30N8O7S/c1-22(2)23-14-15-27(37-21-23)49(43,44)41-29-28(48-25-12-5-4-11-24(25)45-3)32(40-31(39-29)30-35-17-10-18-36-30)46-19-8-9-20-47-33(42)38-26-13-6-7-16-34-26/h4-7,10-18,21-22H,19-20H2,1-3H3,(H,34,38,42)(H,39,40,41). The van der Waals surface area contributed by atoms with E-state index in [1.54, 1.807) is 54.6 Å². The summed E-state index contributed by atoms with van der Waals surface area (Å²) in [6, 6.07) is 16.4. The third-order valence-corrected chi connectivity index (χ3v) is 7.64. The first-order chi connectivity index (χ1) is 23.7. The van der Waals surface area contributed by atoms with E-state index in [1.807, 2.05) is 13.8 Å². The van der Waals surface area contributed by atoms with Crippen molar-refractivity contribution in [3.8, 4) is 46.6 Å². The molecule has 16 heteroatoms. The van der Waals surface area contributed by atoms with Crippen molar-refractivity contribution < 1.29 is 32.2 Å². The fourth-order valence-corrected chi connectivity index (χ4v) is 4.91. The summed E-state index contributed by atoms with van der Waals surface area (Å²) in [6.45, 7) is 3.41. The van der Waals surface area contributed by atoms with E-state index in [9.17, 15) is 13.2 Å². The van der Waals surface area contributed by atoms with Crippen LogP contribution in [0.4, 0.5) is 16.4 Å². The van der Waals surface area contributed by atoms with Crippen LogP contribution in [-0.4, -0.2) is 64.7 Å². The Hall–Kier alpha value is -6.34. The Kier molecular flexibility index (Phi) is 11.1. The number of sulfonamides is 1. The minimum absolute atomic E-state index is 0.0775. The first kappa shape index (κ1) is 34.0. The highest BCUT2D eigenvalue weighted by Crippen LogP contribution is 2.41. The zero-order valence-corrected chi connectivity index (χ0v) is 27.3. The number of carbonyl (C=O) groups is 1. The molecule has 15 nitrogen and oxygen atoms in total. The number of aromatic nitrogens is 6. The minimum Gasteiger partial charge on any atom is -0.493 e. The van der Waals surface area contributed by atoms with Gasteiger partial charge < -0.3 is 18.9 Å². The second kappa shape index (κ2) is 16.0. The lowest BCUT2D eigenvalue weighted by Gasteiger charge is -2.17. The fourth-order valence-electron chi connectivity index (χ4n) is 3.97. The average Bonchev–Trinajstić information content (AvgIpc) is 3.11. The van der Waals surface area contributed by atoms with E-state index in [4.69, 9.17) is 18.9 Å². The van der Waals surface area contributed by atoms with Crippen LogP contribution in [0.1, 0.15) is 25.3 Å². The van der Waals surface area contributed by atoms with Gasteiger partial charge in [0.05, 0.1) is 7.11 Å². The van der Waals surface area contributed by atoms with Gasteiger partial charge in [-0.25, -0.2) is 29.7 Å². The summed E-state index contributed by atoms with van der Waals surface area (Å²) in [5, 5.41) is 2.22. The summed E-state index contributed by atoms with van der Waals surface area (Å²) in [5.74, 6) is 5.69. The van der Waals surface area contributed by atoms with Crippen molar-refractivity contribution in [2.45, 2.75) is 24.8 Å². The molecule has 0 fully saturated rings. The van der Waals surface area contributed by atoms with Gasteiger partial charge in [-0.2, -0.15) is 13.4 Å². The smallest absolute Gasteiger partial charge is 0.413 e. The summed E-state index contributed by atoms with van der Waals surface area (Å²) in [5.41, 5.74) is 0.862. The Labute approximate surface area is 282 Å². The highest BCUT2D eigenvalue weighted by molar-refractivity contribution is 7.92. The monoisotopic (exact) mass is 682 g/mol. The van der Waals surface area contributed by atoms with Gasteiger partial charge in [0.25, 0.3) is 15.9 Å². The maximum atomic E-state index is 13.6. The van der Waals surface area contributed by atoms with Gasteiger partial charge in [0.15, 0.2) is 41.4 Å². The molecule has 1 amide bonds. The van der Waals surface area contributed by atoms with Gasteiger partial charge in [0.1, 0.15) is 5.82 Å². The number of hydrogen-bond donors (Lipinski definition) is 2. The lowest BCUT2D eigenvalue weighted by atomic mass is 10.1. The molecular weight excluding hydrogens is 652 g/mol. The lowest BCUT2D eigenvalue weighted by Crippen LogP contribution is -2.17. The van der Waals surface area contributed by atoms with Gasteiger partial charge >= 0.3 is 6.09 Å². The number of amides is 1. The molecule has 0 unspecified atom stereocenters. The predicted octanol–water partition coefficient (Wildman–Crippen LogP) is 5.08. The Morgan fingerprint density at radius 2 is 1.57 bits per heavy atom. The van der Waals surface area contributed by atoms with Crippen LogP contribution >= 0.6 is 0 Å². The SMILES string of the molecule is COc1ccccc1Oc1c(NS(=O)(=O)c2ccc(C(C)C)cn2)nc(-c2ncccn2)nc1OCC#CCOC(=O)Nc1ccccn1. The normalized spacial score (nSPS) is 10.8. The zero-order valence-electron chi connectivity index (χ0n) is 26.5. The van der Waals surface area contributed by atoms with E-state index in [0.717, 1.165) is 5.56 Å². The summed E-state index contributed by atoms with van der Waals surface area (Å²) in [6.07, 6.45) is 5.23. The second-order valence-corrected chi connectivity index (χ2v) is 11.7. The molecule has 0 aliphatic heterocycles. The van der Waals surface area contributed by atoms with Gasteiger partial charge in [0, 0.05) is 24.8 Å². The molecule has 0 atom stereocenters. The number of methoxy groups -OCH3 is 1. The average molecular weight is 683 g/mol. The van der Waals surface area contributed by atoms with Crippen molar-refractivity contribution in [1.82, 2.24) is 29.9 Å². The molecule has 0 saturated heterocycles. The van der Waals surface area contributed by atoms with E-state index in [2.05, 4.69) is 51.8 Å². The molecule has 5 aromatic rings. The van der Waals surface area contributed by atoms with Crippen LogP contribution in [0.3, 0.4) is 0 Å². The van der Waals surface area contributed by atoms with Crippen LogP contribution in [0, 0.1) is 11.8 Å². The van der Waals surface area contributed by atoms with E-state index in [0.29, 0.717) is 11.6 Å². The topological polar surface area (TPSA) is 190 Å². The molecule has 0 bridgehead atoms. The van der Waals surface area contributed by atoms with Gasteiger partial charge in [-0.1, -0.05) is 50.0 Å². The molecule has 1 aromatic carbocycles. The molecule has 0 aliphatic carbocycles. The Balaban J connectivity index is 1.47. The summed E-state index contributed by atoms with van der Waals surface area (Å²) in [4.78, 5) is 37.4. The highest BCUT2D eigenvalue weighted by atomic mass is 32.2. The second-order valence-electron chi connectivity index (χ2n) is 10.1. The predicted molar refractivity (Wildman–Crippen MR) is 178 cm³/mol. The number of ether oxygens (including phenoxy) is 4. The molecule has 2 N–H and O–H groups in total. The molecule has 0 saturated carbocycles. The number of hydrogen-bond acceptors (Lipinski definition) is 13. The third kappa shape index (κ3) is 9.14. The Morgan fingerprint density at radius 3 is 2.27 bits per heavy atom. The van der Waals surface area contributed by atoms with Crippen molar-refractivity contribution in [2.75, 3.05) is 30.4 Å². The number of pyridine rings is 2. The minimum atomic E-state index is -4.31. The fraction of sp³-hybridized carbons (Fsp3) is 0.182. The van der Waals surface area contributed by atoms with E-state index < -0.39 is 16.1 Å². The molecule has 5 rings (SSSR count). The van der Waals surface area contributed by atoms with Crippen molar-refractivity contribution in [3.05, 3.63) is 91.0 Å². The van der Waals surface area contributed by atoms with Crippen LogP contribution < -0.4 is 24.2 Å². The molecule has 0 aliphatic rings. The molecule has 4 heterocycles. The van der Waals surface area contributed by atoms with Crippen molar-refractivity contribution >= 4 is 27.8 Å². The first-order valence-corrected chi connectivity index (χ1v) is 16.1. The highest BCUT2D eigenvalue weighted by Gasteiger charge is 2.26. The number of rotatable bonds is 12. The van der Waals surface area contributed by atoms with Gasteiger partial charge in [-0.15, -0.1) is 0 Å². The molecule has 4 aromatic heterocycles. The van der Waals surface area contributed by atoms with Crippen LogP contribution in [0.5, 0.6) is 23.1 Å². The molecular formula is C33H30N8O7S. The molecule has 250 valence electrons. The number of benzene rings is 1. The first-order valence-electron chi connectivity index (χ1n) is 14.7.